The third-order valence-electron chi connectivity index (χ3n) is 6.10. The molecule has 0 aromatic rings. The van der Waals surface area contributed by atoms with Gasteiger partial charge in [0.15, 0.2) is 18.9 Å². The summed E-state index contributed by atoms with van der Waals surface area (Å²) in [5.74, 6) is -0.645. The minimum absolute atomic E-state index is 0.420. The van der Waals surface area contributed by atoms with E-state index in [-0.39, 0.29) is 0 Å². The average Bonchev–Trinajstić information content (AvgIpc) is 2.82. The summed E-state index contributed by atoms with van der Waals surface area (Å²) in [6.07, 6.45) is -20.9. The topological polar surface area (TPSA) is 257 Å². The van der Waals surface area contributed by atoms with E-state index in [2.05, 4.69) is 5.32 Å². The van der Waals surface area contributed by atoms with Crippen molar-refractivity contribution in [2.45, 2.75) is 92.9 Å². The van der Waals surface area contributed by atoms with Gasteiger partial charge in [-0.2, -0.15) is 0 Å². The first-order valence-corrected chi connectivity index (χ1v) is 11.0. The Labute approximate surface area is 199 Å². The van der Waals surface area contributed by atoms with Crippen molar-refractivity contribution in [2.75, 3.05) is 19.8 Å². The Kier molecular flexibility index (Phi) is 9.74. The van der Waals surface area contributed by atoms with Crippen molar-refractivity contribution >= 4 is 5.91 Å². The van der Waals surface area contributed by atoms with Gasteiger partial charge in [-0.25, -0.2) is 0 Å². The van der Waals surface area contributed by atoms with E-state index in [4.69, 9.17) is 23.7 Å². The first-order valence-electron chi connectivity index (χ1n) is 11.0. The van der Waals surface area contributed by atoms with E-state index in [9.17, 15) is 50.8 Å². The van der Waals surface area contributed by atoms with E-state index in [1.165, 1.54) is 0 Å². The zero-order valence-corrected chi connectivity index (χ0v) is 18.7. The van der Waals surface area contributed by atoms with Crippen molar-refractivity contribution < 1.29 is 74.4 Å². The maximum Gasteiger partial charge on any atom is 0.217 e. The number of hydrogen-bond acceptors (Lipinski definition) is 15. The Morgan fingerprint density at radius 1 is 0.800 bits per heavy atom. The molecule has 16 nitrogen and oxygen atoms in total. The van der Waals surface area contributed by atoms with Gasteiger partial charge in [-0.3, -0.25) is 4.79 Å². The Morgan fingerprint density at radius 2 is 1.40 bits per heavy atom. The first-order chi connectivity index (χ1) is 16.5. The molecule has 3 saturated heterocycles. The molecule has 1 amide bonds. The van der Waals surface area contributed by atoms with Crippen molar-refractivity contribution in [1.29, 1.82) is 0 Å². The predicted octanol–water partition coefficient (Wildman–Crippen LogP) is -6.79. The number of hydrogen-bond donors (Lipinski definition) is 10. The molecule has 0 radical (unpaired) electrons. The minimum Gasteiger partial charge on any atom is -0.394 e. The van der Waals surface area contributed by atoms with Crippen LogP contribution < -0.4 is 5.32 Å². The van der Waals surface area contributed by atoms with Crippen LogP contribution in [0, 0.1) is 0 Å². The summed E-state index contributed by atoms with van der Waals surface area (Å²) in [6, 6.07) is -1.41. The number of aliphatic hydroxyl groups is 9. The molecular weight excluding hydrogens is 482 g/mol. The summed E-state index contributed by atoms with van der Waals surface area (Å²) in [4.78, 5) is 11.8. The second kappa shape index (κ2) is 12.0. The molecule has 0 aromatic heterocycles. The summed E-state index contributed by atoms with van der Waals surface area (Å²) in [6.45, 7) is -0.817. The second-order valence-electron chi connectivity index (χ2n) is 8.62. The number of aliphatic hydroxyl groups excluding tert-OH is 9. The van der Waals surface area contributed by atoms with E-state index in [1.54, 1.807) is 0 Å². The Bertz CT molecular complexity index is 699. The molecule has 3 aliphatic rings. The largest absolute Gasteiger partial charge is 0.394 e. The van der Waals surface area contributed by atoms with Crippen LogP contribution in [0.25, 0.3) is 0 Å². The fourth-order valence-electron chi connectivity index (χ4n) is 4.17. The number of nitrogens with one attached hydrogen (secondary N) is 1. The fraction of sp³-hybridized carbons (Fsp3) is 0.947. The maximum atomic E-state index is 11.8. The number of carbonyl (C=O) groups excluding carboxylic acids is 1. The average molecular weight is 515 g/mol. The van der Waals surface area contributed by atoms with Crippen molar-refractivity contribution in [3.8, 4) is 0 Å². The zero-order valence-electron chi connectivity index (χ0n) is 18.7. The standard InChI is InChI=1S/C19H33NO15/c1-5(23)20-9-16(35-19-14(29)12(27)11(26)7(2-21)33-19)15(8(3-22)32-17(9)30)34-18-13(28)10(25)6(24)4-31-18/h6-19,21-22,24-30H,2-4H2,1H3,(H,20,23)/t6-,7-,8-,9+,10-,11+,12+,13+,14-,15-,16-,17-,18-,19+/m1/s1. The Morgan fingerprint density at radius 3 is 2.00 bits per heavy atom. The lowest BCUT2D eigenvalue weighted by Crippen LogP contribution is -2.69. The van der Waals surface area contributed by atoms with Gasteiger partial charge >= 0.3 is 0 Å². The second-order valence-corrected chi connectivity index (χ2v) is 8.62. The highest BCUT2D eigenvalue weighted by Gasteiger charge is 2.53. The molecule has 14 atom stereocenters. The molecule has 3 heterocycles. The molecule has 0 saturated carbocycles. The van der Waals surface area contributed by atoms with E-state index < -0.39 is 112 Å². The molecule has 0 spiro atoms. The number of carbonyl (C=O) groups is 1. The summed E-state index contributed by atoms with van der Waals surface area (Å²) in [5.41, 5.74) is 0. The molecule has 0 bridgehead atoms. The Balaban J connectivity index is 1.90. The number of rotatable bonds is 7. The highest BCUT2D eigenvalue weighted by atomic mass is 16.7. The molecule has 10 N–H and O–H groups in total. The quantitative estimate of drug-likeness (QED) is 0.151. The third kappa shape index (κ3) is 6.08. The summed E-state index contributed by atoms with van der Waals surface area (Å²) < 4.78 is 27.3. The maximum absolute atomic E-state index is 11.8. The zero-order chi connectivity index (χ0) is 26.0. The summed E-state index contributed by atoms with van der Waals surface area (Å²) in [7, 11) is 0. The molecule has 3 rings (SSSR count). The molecule has 3 aliphatic heterocycles. The minimum atomic E-state index is -1.85. The SMILES string of the molecule is CC(=O)N[C@H]1[C@@H](O[C@@H]2O[C@H](CO)[C@H](O)[C@H](O)[C@H]2O)[C@H](O[C@H]2OC[C@@H](O)[C@@H](O)[C@@H]2O)[C@@H](CO)O[C@H]1O. The van der Waals surface area contributed by atoms with Crippen molar-refractivity contribution in [2.24, 2.45) is 0 Å². The highest BCUT2D eigenvalue weighted by Crippen LogP contribution is 2.32. The molecule has 0 aliphatic carbocycles. The lowest BCUT2D eigenvalue weighted by atomic mass is 9.94. The fourth-order valence-corrected chi connectivity index (χ4v) is 4.17. The van der Waals surface area contributed by atoms with Gasteiger partial charge in [0, 0.05) is 6.92 Å². The molecule has 16 heteroatoms. The van der Waals surface area contributed by atoms with E-state index in [1.807, 2.05) is 0 Å². The van der Waals surface area contributed by atoms with Gasteiger partial charge in [-0.15, -0.1) is 0 Å². The lowest BCUT2D eigenvalue weighted by molar-refractivity contribution is -0.365. The van der Waals surface area contributed by atoms with Crippen LogP contribution in [0.3, 0.4) is 0 Å². The molecule has 204 valence electrons. The number of ether oxygens (including phenoxy) is 5. The first kappa shape index (κ1) is 28.5. The summed E-state index contributed by atoms with van der Waals surface area (Å²) in [5, 5.41) is 92.5. The van der Waals surface area contributed by atoms with Crippen LogP contribution in [0.1, 0.15) is 6.92 Å². The van der Waals surface area contributed by atoms with Crippen molar-refractivity contribution in [3.05, 3.63) is 0 Å². The van der Waals surface area contributed by atoms with Crippen LogP contribution in [0.2, 0.25) is 0 Å². The smallest absolute Gasteiger partial charge is 0.217 e. The van der Waals surface area contributed by atoms with Gasteiger partial charge in [0.25, 0.3) is 0 Å². The van der Waals surface area contributed by atoms with E-state index in [0.29, 0.717) is 0 Å². The highest BCUT2D eigenvalue weighted by molar-refractivity contribution is 5.73. The van der Waals surface area contributed by atoms with Crippen molar-refractivity contribution in [1.82, 2.24) is 5.32 Å². The molecule has 35 heavy (non-hydrogen) atoms. The predicted molar refractivity (Wildman–Crippen MR) is 107 cm³/mol. The third-order valence-corrected chi connectivity index (χ3v) is 6.10. The van der Waals surface area contributed by atoms with Gasteiger partial charge in [-0.05, 0) is 0 Å². The van der Waals surface area contributed by atoms with Gasteiger partial charge in [0.1, 0.15) is 67.1 Å². The normalized spacial score (nSPS) is 49.0. The lowest BCUT2D eigenvalue weighted by Gasteiger charge is -2.49. The van der Waals surface area contributed by atoms with Crippen LogP contribution in [0.15, 0.2) is 0 Å². The van der Waals surface area contributed by atoms with Gasteiger partial charge in [0.2, 0.25) is 5.91 Å². The molecular formula is C19H33NO15. The van der Waals surface area contributed by atoms with Gasteiger partial charge < -0.3 is 75.0 Å². The monoisotopic (exact) mass is 515 g/mol. The van der Waals surface area contributed by atoms with Crippen LogP contribution >= 0.6 is 0 Å². The van der Waals surface area contributed by atoms with Crippen LogP contribution in [0.4, 0.5) is 0 Å². The van der Waals surface area contributed by atoms with Crippen LogP contribution in [-0.2, 0) is 28.5 Å². The van der Waals surface area contributed by atoms with E-state index in [0.717, 1.165) is 6.92 Å². The van der Waals surface area contributed by atoms with Gasteiger partial charge in [0.05, 0.1) is 19.8 Å². The molecule has 0 unspecified atom stereocenters. The van der Waals surface area contributed by atoms with Gasteiger partial charge in [-0.1, -0.05) is 0 Å². The van der Waals surface area contributed by atoms with Crippen molar-refractivity contribution in [3.63, 3.8) is 0 Å². The van der Waals surface area contributed by atoms with E-state index >= 15 is 0 Å². The molecule has 0 aromatic carbocycles. The van der Waals surface area contributed by atoms with Crippen LogP contribution in [-0.4, -0.2) is 158 Å². The number of amides is 1. The Hall–Kier alpha value is -1.09. The summed E-state index contributed by atoms with van der Waals surface area (Å²) >= 11 is 0. The van der Waals surface area contributed by atoms with Crippen LogP contribution in [0.5, 0.6) is 0 Å². The molecule has 3 fully saturated rings.